The van der Waals surface area contributed by atoms with Gasteiger partial charge in [0.25, 0.3) is 5.91 Å². The van der Waals surface area contributed by atoms with Gasteiger partial charge in [-0.3, -0.25) is 4.79 Å². The summed E-state index contributed by atoms with van der Waals surface area (Å²) in [5.41, 5.74) is 1.94. The van der Waals surface area contributed by atoms with E-state index in [1.165, 1.54) is 19.2 Å². The minimum atomic E-state index is -3.76. The monoisotopic (exact) mass is 533 g/mol. The van der Waals surface area contributed by atoms with Crippen LogP contribution >= 0.6 is 35.0 Å². The third-order valence-electron chi connectivity index (χ3n) is 5.03. The normalized spacial score (nSPS) is 14.4. The number of anilines is 1. The molecule has 1 amide bonds. The van der Waals surface area contributed by atoms with Crippen molar-refractivity contribution in [3.8, 4) is 0 Å². The van der Waals surface area contributed by atoms with Gasteiger partial charge < -0.3 is 10.1 Å². The van der Waals surface area contributed by atoms with Crippen molar-refractivity contribution in [2.24, 2.45) is 0 Å². The van der Waals surface area contributed by atoms with E-state index in [-0.39, 0.29) is 26.6 Å². The van der Waals surface area contributed by atoms with Crippen LogP contribution in [0.2, 0.25) is 10.0 Å². The Hall–Kier alpha value is -2.78. The minimum Gasteiger partial charge on any atom is -0.465 e. The summed E-state index contributed by atoms with van der Waals surface area (Å²) in [5, 5.41) is 3.33. The molecule has 10 heteroatoms. The Bertz CT molecular complexity index is 1410. The van der Waals surface area contributed by atoms with Crippen LogP contribution in [0, 0.1) is 0 Å². The number of benzene rings is 3. The molecule has 1 aliphatic heterocycles. The number of carbonyl (C=O) groups is 2. The predicted molar refractivity (Wildman–Crippen MR) is 134 cm³/mol. The number of sulfone groups is 1. The van der Waals surface area contributed by atoms with E-state index in [4.69, 9.17) is 23.2 Å². The highest BCUT2D eigenvalue weighted by atomic mass is 35.5. The Morgan fingerprint density at radius 2 is 1.74 bits per heavy atom. The molecule has 34 heavy (non-hydrogen) atoms. The topological polar surface area (TPSA) is 89.5 Å². The van der Waals surface area contributed by atoms with Gasteiger partial charge >= 0.3 is 5.97 Å². The number of amides is 1. The maximum absolute atomic E-state index is 13.1. The van der Waals surface area contributed by atoms with Crippen molar-refractivity contribution >= 4 is 68.4 Å². The van der Waals surface area contributed by atoms with E-state index in [2.05, 4.69) is 10.1 Å². The van der Waals surface area contributed by atoms with E-state index in [0.717, 1.165) is 11.8 Å². The van der Waals surface area contributed by atoms with Gasteiger partial charge in [-0.2, -0.15) is 0 Å². The molecule has 3 aromatic carbocycles. The molecule has 4 rings (SSSR count). The van der Waals surface area contributed by atoms with E-state index in [1.54, 1.807) is 54.6 Å². The summed E-state index contributed by atoms with van der Waals surface area (Å²) in [5.74, 6) is -1.12. The molecule has 0 saturated carbocycles. The lowest BCUT2D eigenvalue weighted by Gasteiger charge is -2.19. The lowest BCUT2D eigenvalue weighted by atomic mass is 10.1. The number of thioether (sulfide) groups is 1. The van der Waals surface area contributed by atoms with Crippen LogP contribution in [-0.4, -0.2) is 27.4 Å². The Balaban J connectivity index is 1.62. The molecule has 0 aliphatic carbocycles. The number of halogens is 2. The zero-order chi connectivity index (χ0) is 24.5. The van der Waals surface area contributed by atoms with Crippen molar-refractivity contribution in [3.05, 3.63) is 92.3 Å². The number of ether oxygens (including phenoxy) is 1. The fourth-order valence-corrected chi connectivity index (χ4v) is 6.44. The molecule has 3 aromatic rings. The highest BCUT2D eigenvalue weighted by molar-refractivity contribution is 8.04. The number of esters is 1. The second-order valence-corrected chi connectivity index (χ2v) is 11.2. The summed E-state index contributed by atoms with van der Waals surface area (Å²) in [4.78, 5) is 25.2. The van der Waals surface area contributed by atoms with Crippen LogP contribution in [0.15, 0.2) is 75.4 Å². The molecule has 0 spiro atoms. The molecule has 0 radical (unpaired) electrons. The first-order valence-corrected chi connectivity index (χ1v) is 13.1. The average Bonchev–Trinajstić information content (AvgIpc) is 2.81. The molecule has 0 aromatic heterocycles. The number of methoxy groups -OCH3 is 1. The second kappa shape index (κ2) is 9.84. The molecular formula is C24H17Cl2NO5S2. The van der Waals surface area contributed by atoms with Crippen LogP contribution in [0.4, 0.5) is 5.69 Å². The average molecular weight is 534 g/mol. The van der Waals surface area contributed by atoms with Crippen molar-refractivity contribution in [2.45, 2.75) is 15.5 Å². The molecule has 0 unspecified atom stereocenters. The number of carbonyl (C=O) groups excluding carboxylic acids is 2. The van der Waals surface area contributed by atoms with E-state index >= 15 is 0 Å². The quantitative estimate of drug-likeness (QED) is 0.327. The summed E-state index contributed by atoms with van der Waals surface area (Å²) in [6.45, 7) is 0. The molecule has 6 nitrogen and oxygen atoms in total. The molecule has 0 fully saturated rings. The van der Waals surface area contributed by atoms with Crippen LogP contribution in [0.25, 0.3) is 6.08 Å². The fraction of sp³-hybridized carbons (Fsp3) is 0.0833. The van der Waals surface area contributed by atoms with Gasteiger partial charge in [-0.15, -0.1) is 0 Å². The Morgan fingerprint density at radius 3 is 2.38 bits per heavy atom. The standard InChI is InChI=1S/C24H17Cl2NO5S2/c1-32-24(29)15-7-5-14(6-8-15)11-22-23(28)27-20-10-9-16(12-21(20)33-22)34(30,31)13-17-18(25)3-2-4-19(17)26/h2-12H,13H2,1H3,(H,27,28). The molecule has 0 atom stereocenters. The highest BCUT2D eigenvalue weighted by Crippen LogP contribution is 2.40. The van der Waals surface area contributed by atoms with Crippen LogP contribution in [0.5, 0.6) is 0 Å². The minimum absolute atomic E-state index is 0.0904. The van der Waals surface area contributed by atoms with Gasteiger partial charge in [-0.05, 0) is 54.1 Å². The highest BCUT2D eigenvalue weighted by Gasteiger charge is 2.25. The molecule has 1 N–H and O–H groups in total. The summed E-state index contributed by atoms with van der Waals surface area (Å²) < 4.78 is 30.8. The second-order valence-electron chi connectivity index (χ2n) is 7.30. The van der Waals surface area contributed by atoms with Crippen LogP contribution < -0.4 is 5.32 Å². The molecule has 0 bridgehead atoms. The van der Waals surface area contributed by atoms with Crippen molar-refractivity contribution in [3.63, 3.8) is 0 Å². The third-order valence-corrected chi connectivity index (χ3v) is 8.46. The van der Waals surface area contributed by atoms with E-state index in [9.17, 15) is 18.0 Å². The molecule has 174 valence electrons. The molecular weight excluding hydrogens is 517 g/mol. The Morgan fingerprint density at radius 1 is 1.06 bits per heavy atom. The van der Waals surface area contributed by atoms with Crippen molar-refractivity contribution in [2.75, 3.05) is 12.4 Å². The van der Waals surface area contributed by atoms with Gasteiger partial charge in [0.15, 0.2) is 9.84 Å². The summed E-state index contributed by atoms with van der Waals surface area (Å²) in [6.07, 6.45) is 1.66. The van der Waals surface area contributed by atoms with Gasteiger partial charge in [0, 0.05) is 20.5 Å². The van der Waals surface area contributed by atoms with Gasteiger partial charge in [0.05, 0.1) is 33.9 Å². The number of nitrogens with one attached hydrogen (secondary N) is 1. The Labute approximate surface area is 210 Å². The zero-order valence-electron chi connectivity index (χ0n) is 17.7. The first-order chi connectivity index (χ1) is 16.2. The summed E-state index contributed by atoms with van der Waals surface area (Å²) in [6, 6.07) is 15.9. The van der Waals surface area contributed by atoms with E-state index in [1.807, 2.05) is 0 Å². The van der Waals surface area contributed by atoms with Crippen LogP contribution in [-0.2, 0) is 25.1 Å². The van der Waals surface area contributed by atoms with Crippen molar-refractivity contribution in [1.82, 2.24) is 0 Å². The van der Waals surface area contributed by atoms with Crippen LogP contribution in [0.3, 0.4) is 0 Å². The summed E-state index contributed by atoms with van der Waals surface area (Å²) >= 11 is 13.5. The van der Waals surface area contributed by atoms with Gasteiger partial charge in [0.2, 0.25) is 0 Å². The van der Waals surface area contributed by atoms with Gasteiger partial charge in [0.1, 0.15) is 0 Å². The number of fused-ring (bicyclic) bond motifs is 1. The van der Waals surface area contributed by atoms with E-state index in [0.29, 0.717) is 32.2 Å². The number of hydrogen-bond acceptors (Lipinski definition) is 6. The number of hydrogen-bond donors (Lipinski definition) is 1. The SMILES string of the molecule is COC(=O)c1ccc(C=C2Sc3cc(S(=O)(=O)Cc4c(Cl)cccc4Cl)ccc3NC2=O)cc1. The smallest absolute Gasteiger partial charge is 0.337 e. The van der Waals surface area contributed by atoms with Gasteiger partial charge in [-0.25, -0.2) is 13.2 Å². The fourth-order valence-electron chi connectivity index (χ4n) is 3.26. The lowest BCUT2D eigenvalue weighted by molar-refractivity contribution is -0.112. The van der Waals surface area contributed by atoms with Crippen molar-refractivity contribution in [1.29, 1.82) is 0 Å². The molecule has 1 aliphatic rings. The largest absolute Gasteiger partial charge is 0.465 e. The van der Waals surface area contributed by atoms with Crippen LogP contribution in [0.1, 0.15) is 21.5 Å². The lowest BCUT2D eigenvalue weighted by Crippen LogP contribution is -2.17. The predicted octanol–water partition coefficient (Wildman–Crippen LogP) is 5.84. The maximum Gasteiger partial charge on any atom is 0.337 e. The van der Waals surface area contributed by atoms with E-state index < -0.39 is 15.8 Å². The molecule has 0 saturated heterocycles. The Kier molecular flexibility index (Phi) is 7.04. The third kappa shape index (κ3) is 5.15. The van der Waals surface area contributed by atoms with Gasteiger partial charge in [-0.1, -0.05) is 53.2 Å². The van der Waals surface area contributed by atoms with Crippen molar-refractivity contribution < 1.29 is 22.7 Å². The summed E-state index contributed by atoms with van der Waals surface area (Å²) in [7, 11) is -2.45. The first-order valence-electron chi connectivity index (χ1n) is 9.87. The number of rotatable bonds is 5. The maximum atomic E-state index is 13.1. The zero-order valence-corrected chi connectivity index (χ0v) is 20.8. The molecule has 1 heterocycles. The first kappa shape index (κ1) is 24.3.